The van der Waals surface area contributed by atoms with Gasteiger partial charge in [0.2, 0.25) is 0 Å². The lowest BCUT2D eigenvalue weighted by atomic mass is 9.95. The average Bonchev–Trinajstić information content (AvgIpc) is 2.39. The number of fused-ring (bicyclic) bond motifs is 1. The van der Waals surface area contributed by atoms with Crippen LogP contribution in [0.25, 0.3) is 0 Å². The number of aliphatic hydroxyl groups is 2. The van der Waals surface area contributed by atoms with E-state index < -0.39 is 17.8 Å². The van der Waals surface area contributed by atoms with Crippen LogP contribution in [0.1, 0.15) is 6.92 Å². The minimum atomic E-state index is -0.681. The molecule has 0 amide bonds. The second kappa shape index (κ2) is 2.17. The average molecular weight is 160 g/mol. The normalized spacial score (nSPS) is 56.5. The maximum atomic E-state index is 9.42. The van der Waals surface area contributed by atoms with E-state index in [0.29, 0.717) is 0 Å². The van der Waals surface area contributed by atoms with E-state index in [1.54, 1.807) is 6.92 Å². The van der Waals surface area contributed by atoms with Gasteiger partial charge in [-0.3, -0.25) is 0 Å². The lowest BCUT2D eigenvalue weighted by Gasteiger charge is -2.24. The van der Waals surface area contributed by atoms with Crippen molar-refractivity contribution in [2.24, 2.45) is 0 Å². The Morgan fingerprint density at radius 3 is 2.73 bits per heavy atom. The molecule has 2 rings (SSSR count). The fourth-order valence-electron chi connectivity index (χ4n) is 1.74. The SMILES string of the molecule is C[C@]12OCC(O)[C@H]1OC[C@@H]2O. The molecule has 4 heteroatoms. The molecule has 2 aliphatic rings. The Hall–Kier alpha value is -0.160. The molecule has 1 unspecified atom stereocenters. The van der Waals surface area contributed by atoms with Gasteiger partial charge < -0.3 is 19.7 Å². The van der Waals surface area contributed by atoms with E-state index in [9.17, 15) is 10.2 Å². The zero-order chi connectivity index (χ0) is 8.06. The molecule has 0 radical (unpaired) electrons. The van der Waals surface area contributed by atoms with Crippen molar-refractivity contribution in [3.8, 4) is 0 Å². The third-order valence-electron chi connectivity index (χ3n) is 2.57. The molecule has 4 atom stereocenters. The molecule has 0 aliphatic carbocycles. The maximum absolute atomic E-state index is 9.42. The van der Waals surface area contributed by atoms with Crippen molar-refractivity contribution in [2.45, 2.75) is 30.8 Å². The van der Waals surface area contributed by atoms with Gasteiger partial charge in [0.25, 0.3) is 0 Å². The van der Waals surface area contributed by atoms with E-state index in [2.05, 4.69) is 0 Å². The molecule has 0 aromatic heterocycles. The first kappa shape index (κ1) is 7.49. The molecule has 0 spiro atoms. The third-order valence-corrected chi connectivity index (χ3v) is 2.57. The first-order valence-corrected chi connectivity index (χ1v) is 3.76. The molecule has 2 aliphatic heterocycles. The molecule has 64 valence electrons. The van der Waals surface area contributed by atoms with Crippen LogP contribution in [0.4, 0.5) is 0 Å². The highest BCUT2D eigenvalue weighted by molar-refractivity contribution is 5.04. The van der Waals surface area contributed by atoms with Crippen molar-refractivity contribution in [1.29, 1.82) is 0 Å². The van der Waals surface area contributed by atoms with E-state index in [0.717, 1.165) is 0 Å². The third kappa shape index (κ3) is 0.840. The number of hydrogen-bond acceptors (Lipinski definition) is 4. The van der Waals surface area contributed by atoms with Gasteiger partial charge in [-0.1, -0.05) is 0 Å². The lowest BCUT2D eigenvalue weighted by molar-refractivity contribution is -0.0621. The Morgan fingerprint density at radius 1 is 1.36 bits per heavy atom. The largest absolute Gasteiger partial charge is 0.388 e. The molecule has 11 heavy (non-hydrogen) atoms. The minimum Gasteiger partial charge on any atom is -0.388 e. The highest BCUT2D eigenvalue weighted by atomic mass is 16.6. The Kier molecular flexibility index (Phi) is 1.47. The molecule has 0 aromatic rings. The molecule has 2 N–H and O–H groups in total. The van der Waals surface area contributed by atoms with Crippen molar-refractivity contribution in [2.75, 3.05) is 13.2 Å². The van der Waals surface area contributed by atoms with Crippen molar-refractivity contribution < 1.29 is 19.7 Å². The summed E-state index contributed by atoms with van der Waals surface area (Å²) in [6.07, 6.45) is -1.54. The highest BCUT2D eigenvalue weighted by Crippen LogP contribution is 2.36. The van der Waals surface area contributed by atoms with Crippen molar-refractivity contribution in [1.82, 2.24) is 0 Å². The quantitative estimate of drug-likeness (QED) is 0.472. The molecular weight excluding hydrogens is 148 g/mol. The van der Waals surface area contributed by atoms with Crippen molar-refractivity contribution in [3.63, 3.8) is 0 Å². The minimum absolute atomic E-state index is 0.262. The Bertz CT molecular complexity index is 172. The fraction of sp³-hybridized carbons (Fsp3) is 1.00. The zero-order valence-electron chi connectivity index (χ0n) is 6.36. The fourth-order valence-corrected chi connectivity index (χ4v) is 1.74. The number of hydrogen-bond donors (Lipinski definition) is 2. The number of ether oxygens (including phenoxy) is 2. The molecule has 0 saturated carbocycles. The molecule has 2 heterocycles. The summed E-state index contributed by atoms with van der Waals surface area (Å²) in [6.45, 7) is 2.29. The van der Waals surface area contributed by atoms with Crippen LogP contribution in [0.2, 0.25) is 0 Å². The van der Waals surface area contributed by atoms with Crippen LogP contribution >= 0.6 is 0 Å². The first-order chi connectivity index (χ1) is 5.14. The zero-order valence-corrected chi connectivity index (χ0v) is 6.36. The smallest absolute Gasteiger partial charge is 0.122 e. The molecular formula is C7H12O4. The first-order valence-electron chi connectivity index (χ1n) is 3.76. The van der Waals surface area contributed by atoms with E-state index in [4.69, 9.17) is 9.47 Å². The second-order valence-electron chi connectivity index (χ2n) is 3.33. The van der Waals surface area contributed by atoms with Gasteiger partial charge in [0.1, 0.15) is 23.9 Å². The lowest BCUT2D eigenvalue weighted by Crippen LogP contribution is -2.43. The van der Waals surface area contributed by atoms with Gasteiger partial charge in [0, 0.05) is 0 Å². The van der Waals surface area contributed by atoms with Crippen LogP contribution in [0.15, 0.2) is 0 Å². The van der Waals surface area contributed by atoms with Gasteiger partial charge in [0.05, 0.1) is 13.2 Å². The summed E-state index contributed by atoms with van der Waals surface area (Å²) in [5, 5.41) is 18.7. The van der Waals surface area contributed by atoms with Gasteiger partial charge in [0.15, 0.2) is 0 Å². The molecule has 4 nitrogen and oxygen atoms in total. The summed E-state index contributed by atoms with van der Waals surface area (Å²) in [7, 11) is 0. The highest BCUT2D eigenvalue weighted by Gasteiger charge is 2.56. The summed E-state index contributed by atoms with van der Waals surface area (Å²) >= 11 is 0. The van der Waals surface area contributed by atoms with E-state index in [1.807, 2.05) is 0 Å². The van der Waals surface area contributed by atoms with Gasteiger partial charge in [-0.2, -0.15) is 0 Å². The summed E-state index contributed by atoms with van der Waals surface area (Å²) in [4.78, 5) is 0. The van der Waals surface area contributed by atoms with Crippen LogP contribution in [-0.2, 0) is 9.47 Å². The summed E-state index contributed by atoms with van der Waals surface area (Å²) in [5.74, 6) is 0. The van der Waals surface area contributed by atoms with Gasteiger partial charge in [-0.25, -0.2) is 0 Å². The van der Waals surface area contributed by atoms with E-state index in [-0.39, 0.29) is 19.3 Å². The monoisotopic (exact) mass is 160 g/mol. The van der Waals surface area contributed by atoms with E-state index >= 15 is 0 Å². The molecule has 2 saturated heterocycles. The number of rotatable bonds is 0. The van der Waals surface area contributed by atoms with Gasteiger partial charge in [-0.05, 0) is 6.92 Å². The Labute approximate surface area is 64.7 Å². The Balaban J connectivity index is 2.23. The topological polar surface area (TPSA) is 58.9 Å². The van der Waals surface area contributed by atoms with Crippen LogP contribution in [0.5, 0.6) is 0 Å². The maximum Gasteiger partial charge on any atom is 0.122 e. The van der Waals surface area contributed by atoms with Crippen LogP contribution in [0, 0.1) is 0 Å². The van der Waals surface area contributed by atoms with Crippen LogP contribution in [0.3, 0.4) is 0 Å². The van der Waals surface area contributed by atoms with Crippen molar-refractivity contribution in [3.05, 3.63) is 0 Å². The Morgan fingerprint density at radius 2 is 2.09 bits per heavy atom. The summed E-state index contributed by atoms with van der Waals surface area (Å²) in [5.41, 5.74) is -0.681. The predicted octanol–water partition coefficient (Wildman–Crippen LogP) is -1.10. The summed E-state index contributed by atoms with van der Waals surface area (Å²) in [6, 6.07) is 0. The molecule has 0 bridgehead atoms. The standard InChI is InChI=1S/C7H12O4/c1-7-5(9)3-10-6(7)4(8)2-11-7/h4-6,8-9H,2-3H2,1H3/t4?,5-,6+,7+/m0/s1. The van der Waals surface area contributed by atoms with Gasteiger partial charge >= 0.3 is 0 Å². The van der Waals surface area contributed by atoms with E-state index in [1.165, 1.54) is 0 Å². The van der Waals surface area contributed by atoms with Crippen molar-refractivity contribution >= 4 is 0 Å². The summed E-state index contributed by atoms with van der Waals surface area (Å²) < 4.78 is 10.4. The molecule has 2 fully saturated rings. The van der Waals surface area contributed by atoms with Gasteiger partial charge in [-0.15, -0.1) is 0 Å². The van der Waals surface area contributed by atoms with Crippen LogP contribution < -0.4 is 0 Å². The number of aliphatic hydroxyl groups excluding tert-OH is 2. The van der Waals surface area contributed by atoms with Crippen LogP contribution in [-0.4, -0.2) is 47.3 Å². The predicted molar refractivity (Wildman–Crippen MR) is 36.1 cm³/mol. The molecule has 0 aromatic carbocycles. The second-order valence-corrected chi connectivity index (χ2v) is 3.33.